The standard InChI is InChI=1S/C24H31N5O3/c1-17(2)22(24(30)31-3)27-23-19-8-4-5-9-20(19)25-21(26-23)16-29-12-10-28(11-13-29)15-18-7-6-14-32-18/h4-9,14,17,22H,10-13,15-16H2,1-3H3,(H,25,26,27)/t22-/m0/s1. The molecule has 8 nitrogen and oxygen atoms in total. The van der Waals surface area contributed by atoms with Crippen molar-refractivity contribution in [1.82, 2.24) is 19.8 Å². The number of ether oxygens (including phenoxy) is 1. The van der Waals surface area contributed by atoms with Crippen LogP contribution in [0.2, 0.25) is 0 Å². The number of esters is 1. The van der Waals surface area contributed by atoms with Crippen molar-refractivity contribution in [3.63, 3.8) is 0 Å². The molecule has 1 aliphatic rings. The van der Waals surface area contributed by atoms with Gasteiger partial charge in [-0.2, -0.15) is 0 Å². The Balaban J connectivity index is 1.48. The van der Waals surface area contributed by atoms with Gasteiger partial charge in [0.15, 0.2) is 0 Å². The summed E-state index contributed by atoms with van der Waals surface area (Å²) in [4.78, 5) is 26.7. The van der Waals surface area contributed by atoms with Crippen LogP contribution < -0.4 is 5.32 Å². The SMILES string of the molecule is COC(=O)[C@@H](Nc1nc(CN2CCN(Cc3ccco3)CC2)nc2ccccc12)C(C)C. The number of hydrogen-bond acceptors (Lipinski definition) is 8. The molecule has 1 saturated heterocycles. The van der Waals surface area contributed by atoms with Crippen molar-refractivity contribution in [2.75, 3.05) is 38.6 Å². The molecule has 0 unspecified atom stereocenters. The number of furan rings is 1. The van der Waals surface area contributed by atoms with E-state index in [1.54, 1.807) is 6.26 Å². The van der Waals surface area contributed by atoms with Crippen LogP contribution in [0.4, 0.5) is 5.82 Å². The van der Waals surface area contributed by atoms with Crippen molar-refractivity contribution in [1.29, 1.82) is 0 Å². The van der Waals surface area contributed by atoms with Gasteiger partial charge in [-0.25, -0.2) is 14.8 Å². The molecule has 0 saturated carbocycles. The zero-order chi connectivity index (χ0) is 22.5. The molecular formula is C24H31N5O3. The van der Waals surface area contributed by atoms with E-state index < -0.39 is 6.04 Å². The highest BCUT2D eigenvalue weighted by Gasteiger charge is 2.25. The Labute approximate surface area is 188 Å². The van der Waals surface area contributed by atoms with Gasteiger partial charge in [0, 0.05) is 31.6 Å². The Bertz CT molecular complexity index is 1030. The molecule has 0 aliphatic carbocycles. The normalized spacial score (nSPS) is 16.4. The van der Waals surface area contributed by atoms with Crippen molar-refractivity contribution < 1.29 is 13.9 Å². The minimum Gasteiger partial charge on any atom is -0.468 e. The van der Waals surface area contributed by atoms with Gasteiger partial charge < -0.3 is 14.5 Å². The maximum atomic E-state index is 12.3. The highest BCUT2D eigenvalue weighted by atomic mass is 16.5. The fourth-order valence-corrected chi connectivity index (χ4v) is 4.01. The Hall–Kier alpha value is -2.97. The molecule has 1 N–H and O–H groups in total. The maximum Gasteiger partial charge on any atom is 0.328 e. The Morgan fingerprint density at radius 2 is 1.78 bits per heavy atom. The first-order valence-electron chi connectivity index (χ1n) is 11.1. The predicted octanol–water partition coefficient (Wildman–Crippen LogP) is 3.15. The first kappa shape index (κ1) is 22.2. The Kier molecular flexibility index (Phi) is 7.02. The summed E-state index contributed by atoms with van der Waals surface area (Å²) in [6.45, 7) is 9.30. The number of aromatic nitrogens is 2. The summed E-state index contributed by atoms with van der Waals surface area (Å²) >= 11 is 0. The number of carbonyl (C=O) groups is 1. The van der Waals surface area contributed by atoms with E-state index >= 15 is 0 Å². The molecule has 170 valence electrons. The second-order valence-electron chi connectivity index (χ2n) is 8.53. The number of hydrogen-bond donors (Lipinski definition) is 1. The molecule has 32 heavy (non-hydrogen) atoms. The minimum atomic E-state index is -0.476. The molecule has 3 heterocycles. The molecule has 1 fully saturated rings. The number of rotatable bonds is 8. The summed E-state index contributed by atoms with van der Waals surface area (Å²) in [5.41, 5.74) is 0.865. The molecule has 0 bridgehead atoms. The van der Waals surface area contributed by atoms with Crippen LogP contribution in [0, 0.1) is 5.92 Å². The maximum absolute atomic E-state index is 12.3. The van der Waals surface area contributed by atoms with E-state index in [0.29, 0.717) is 12.4 Å². The number of fused-ring (bicyclic) bond motifs is 1. The highest BCUT2D eigenvalue weighted by molar-refractivity contribution is 5.91. The monoisotopic (exact) mass is 437 g/mol. The van der Waals surface area contributed by atoms with Crippen LogP contribution >= 0.6 is 0 Å². The average Bonchev–Trinajstić information content (AvgIpc) is 3.31. The molecule has 0 radical (unpaired) electrons. The van der Waals surface area contributed by atoms with Gasteiger partial charge >= 0.3 is 5.97 Å². The zero-order valence-corrected chi connectivity index (χ0v) is 19.0. The average molecular weight is 438 g/mol. The van der Waals surface area contributed by atoms with E-state index in [1.165, 1.54) is 7.11 Å². The fraction of sp³-hybridized carbons (Fsp3) is 0.458. The summed E-state index contributed by atoms with van der Waals surface area (Å²) < 4.78 is 10.5. The molecule has 3 aromatic rings. The van der Waals surface area contributed by atoms with Crippen molar-refractivity contribution in [3.05, 3.63) is 54.2 Å². The largest absolute Gasteiger partial charge is 0.468 e. The molecule has 0 spiro atoms. The third-order valence-electron chi connectivity index (χ3n) is 5.85. The van der Waals surface area contributed by atoms with Crippen molar-refractivity contribution in [2.45, 2.75) is 33.0 Å². The van der Waals surface area contributed by atoms with Crippen molar-refractivity contribution >= 4 is 22.7 Å². The van der Waals surface area contributed by atoms with E-state index in [0.717, 1.165) is 55.2 Å². The number of piperazine rings is 1. The first-order chi connectivity index (χ1) is 15.5. The van der Waals surface area contributed by atoms with Crippen LogP contribution in [-0.2, 0) is 22.6 Å². The summed E-state index contributed by atoms with van der Waals surface area (Å²) in [6, 6.07) is 11.4. The molecule has 1 atom stereocenters. The van der Waals surface area contributed by atoms with Crippen LogP contribution in [0.1, 0.15) is 25.4 Å². The quantitative estimate of drug-likeness (QED) is 0.538. The van der Waals surface area contributed by atoms with Gasteiger partial charge in [-0.3, -0.25) is 9.80 Å². The molecule has 1 aromatic carbocycles. The topological polar surface area (TPSA) is 83.7 Å². The van der Waals surface area contributed by atoms with Gasteiger partial charge in [-0.15, -0.1) is 0 Å². The van der Waals surface area contributed by atoms with Gasteiger partial charge in [0.05, 0.1) is 32.0 Å². The molecule has 2 aromatic heterocycles. The molecular weight excluding hydrogens is 406 g/mol. The molecule has 0 amide bonds. The summed E-state index contributed by atoms with van der Waals surface area (Å²) in [5, 5.41) is 4.22. The van der Waals surface area contributed by atoms with Gasteiger partial charge in [-0.1, -0.05) is 26.0 Å². The van der Waals surface area contributed by atoms with Crippen LogP contribution in [0.5, 0.6) is 0 Å². The lowest BCUT2D eigenvalue weighted by atomic mass is 10.0. The summed E-state index contributed by atoms with van der Waals surface area (Å²) in [6.07, 6.45) is 1.72. The number of carbonyl (C=O) groups excluding carboxylic acids is 1. The molecule has 4 rings (SSSR count). The van der Waals surface area contributed by atoms with Crippen molar-refractivity contribution in [2.24, 2.45) is 5.92 Å². The van der Waals surface area contributed by atoms with E-state index in [-0.39, 0.29) is 11.9 Å². The van der Waals surface area contributed by atoms with Crippen molar-refractivity contribution in [3.8, 4) is 0 Å². The lowest BCUT2D eigenvalue weighted by Gasteiger charge is -2.33. The first-order valence-corrected chi connectivity index (χ1v) is 11.1. The van der Waals surface area contributed by atoms with Gasteiger partial charge in [0.1, 0.15) is 23.4 Å². The highest BCUT2D eigenvalue weighted by Crippen LogP contribution is 2.23. The predicted molar refractivity (Wildman–Crippen MR) is 123 cm³/mol. The zero-order valence-electron chi connectivity index (χ0n) is 19.0. The fourth-order valence-electron chi connectivity index (χ4n) is 4.01. The second kappa shape index (κ2) is 10.1. The van der Waals surface area contributed by atoms with Crippen LogP contribution in [0.3, 0.4) is 0 Å². The van der Waals surface area contributed by atoms with Crippen LogP contribution in [-0.4, -0.2) is 65.1 Å². The Morgan fingerprint density at radius 1 is 1.06 bits per heavy atom. The third kappa shape index (κ3) is 5.26. The lowest BCUT2D eigenvalue weighted by molar-refractivity contribution is -0.142. The number of methoxy groups -OCH3 is 1. The van der Waals surface area contributed by atoms with Crippen LogP contribution in [0.25, 0.3) is 10.9 Å². The second-order valence-corrected chi connectivity index (χ2v) is 8.53. The third-order valence-corrected chi connectivity index (χ3v) is 5.85. The minimum absolute atomic E-state index is 0.0573. The number of anilines is 1. The number of para-hydroxylation sites is 1. The number of nitrogens with zero attached hydrogens (tertiary/aromatic N) is 4. The molecule has 1 aliphatic heterocycles. The molecule has 8 heteroatoms. The summed E-state index contributed by atoms with van der Waals surface area (Å²) in [7, 11) is 1.41. The smallest absolute Gasteiger partial charge is 0.328 e. The van der Waals surface area contributed by atoms with Crippen LogP contribution in [0.15, 0.2) is 47.1 Å². The Morgan fingerprint density at radius 3 is 2.44 bits per heavy atom. The van der Waals surface area contributed by atoms with Gasteiger partial charge in [0.2, 0.25) is 0 Å². The lowest BCUT2D eigenvalue weighted by Crippen LogP contribution is -2.45. The number of nitrogens with one attached hydrogen (secondary N) is 1. The van der Waals surface area contributed by atoms with E-state index in [1.807, 2.05) is 50.2 Å². The van der Waals surface area contributed by atoms with Gasteiger partial charge in [-0.05, 0) is 30.2 Å². The van der Waals surface area contributed by atoms with E-state index in [9.17, 15) is 4.79 Å². The van der Waals surface area contributed by atoms with Gasteiger partial charge in [0.25, 0.3) is 0 Å². The van der Waals surface area contributed by atoms with E-state index in [4.69, 9.17) is 19.1 Å². The van der Waals surface area contributed by atoms with E-state index in [2.05, 4.69) is 15.1 Å². The summed E-state index contributed by atoms with van der Waals surface area (Å²) in [5.74, 6) is 2.18. The number of benzene rings is 1.